The van der Waals surface area contributed by atoms with Crippen molar-refractivity contribution in [3.05, 3.63) is 35.4 Å². The average molecular weight is 310 g/mol. The number of amides is 1. The van der Waals surface area contributed by atoms with E-state index in [0.29, 0.717) is 28.8 Å². The van der Waals surface area contributed by atoms with Crippen molar-refractivity contribution in [2.75, 3.05) is 0 Å². The maximum atomic E-state index is 10.9. The summed E-state index contributed by atoms with van der Waals surface area (Å²) < 4.78 is 5.52. The third-order valence-corrected chi connectivity index (χ3v) is 3.08. The van der Waals surface area contributed by atoms with Crippen LogP contribution >= 0.6 is 11.6 Å². The summed E-state index contributed by atoms with van der Waals surface area (Å²) in [4.78, 5) is 19.0. The van der Waals surface area contributed by atoms with Crippen LogP contribution in [0.15, 0.2) is 28.9 Å². The highest BCUT2D eigenvalue weighted by Crippen LogP contribution is 2.25. The SMILES string of the molecule is CC(=O)NC(C)CC(O)c1cnc(-c2ccc(Cl)nc2)o1. The summed E-state index contributed by atoms with van der Waals surface area (Å²) in [6.45, 7) is 3.24. The van der Waals surface area contributed by atoms with Gasteiger partial charge in [-0.3, -0.25) is 4.79 Å². The molecule has 21 heavy (non-hydrogen) atoms. The Morgan fingerprint density at radius 1 is 1.43 bits per heavy atom. The van der Waals surface area contributed by atoms with E-state index in [-0.39, 0.29) is 11.9 Å². The van der Waals surface area contributed by atoms with Gasteiger partial charge in [-0.25, -0.2) is 9.97 Å². The molecule has 0 spiro atoms. The summed E-state index contributed by atoms with van der Waals surface area (Å²) in [5.74, 6) is 0.567. The Balaban J connectivity index is 2.05. The van der Waals surface area contributed by atoms with Crippen LogP contribution in [0.25, 0.3) is 11.5 Å². The zero-order chi connectivity index (χ0) is 15.4. The molecule has 112 valence electrons. The molecule has 2 heterocycles. The molecule has 0 saturated heterocycles. The normalized spacial score (nSPS) is 13.7. The minimum Gasteiger partial charge on any atom is -0.438 e. The molecule has 7 heteroatoms. The van der Waals surface area contributed by atoms with Crippen LogP contribution in [0, 0.1) is 0 Å². The fraction of sp³-hybridized carbons (Fsp3) is 0.357. The molecule has 2 rings (SSSR count). The first kappa shape index (κ1) is 15.5. The summed E-state index contributed by atoms with van der Waals surface area (Å²) in [7, 11) is 0. The van der Waals surface area contributed by atoms with Gasteiger partial charge < -0.3 is 14.8 Å². The topological polar surface area (TPSA) is 88.2 Å². The molecule has 0 fully saturated rings. The first-order valence-corrected chi connectivity index (χ1v) is 6.86. The zero-order valence-electron chi connectivity index (χ0n) is 11.7. The maximum Gasteiger partial charge on any atom is 0.227 e. The van der Waals surface area contributed by atoms with E-state index >= 15 is 0 Å². The van der Waals surface area contributed by atoms with Crippen LogP contribution in [0.1, 0.15) is 32.1 Å². The molecule has 0 radical (unpaired) electrons. The summed E-state index contributed by atoms with van der Waals surface area (Å²) in [6.07, 6.45) is 2.51. The minimum atomic E-state index is -0.839. The minimum absolute atomic E-state index is 0.139. The van der Waals surface area contributed by atoms with Gasteiger partial charge in [0.1, 0.15) is 11.3 Å². The lowest BCUT2D eigenvalue weighted by Gasteiger charge is -2.15. The Kier molecular flexibility index (Phi) is 4.93. The van der Waals surface area contributed by atoms with E-state index in [9.17, 15) is 9.90 Å². The van der Waals surface area contributed by atoms with Crippen molar-refractivity contribution in [2.24, 2.45) is 0 Å². The van der Waals surface area contributed by atoms with Gasteiger partial charge in [0.05, 0.1) is 11.8 Å². The Labute approximate surface area is 127 Å². The molecule has 0 aliphatic heterocycles. The maximum absolute atomic E-state index is 10.9. The van der Waals surface area contributed by atoms with Gasteiger partial charge in [-0.1, -0.05) is 11.6 Å². The molecular formula is C14H16ClN3O3. The number of pyridine rings is 1. The van der Waals surface area contributed by atoms with Crippen LogP contribution < -0.4 is 5.32 Å². The predicted molar refractivity (Wildman–Crippen MR) is 77.6 cm³/mol. The fourth-order valence-electron chi connectivity index (χ4n) is 1.93. The largest absolute Gasteiger partial charge is 0.438 e. The lowest BCUT2D eigenvalue weighted by Crippen LogP contribution is -2.31. The summed E-state index contributed by atoms with van der Waals surface area (Å²) in [6, 6.07) is 3.20. The standard InChI is InChI=1S/C14H16ClN3O3/c1-8(18-9(2)19)5-11(20)12-7-17-14(21-12)10-3-4-13(15)16-6-10/h3-4,6-8,11,20H,5H2,1-2H3,(H,18,19). The molecule has 0 bridgehead atoms. The van der Waals surface area contributed by atoms with E-state index in [2.05, 4.69) is 15.3 Å². The number of oxazole rings is 1. The number of aliphatic hydroxyl groups excluding tert-OH is 1. The van der Waals surface area contributed by atoms with Crippen LogP contribution in [-0.2, 0) is 4.79 Å². The van der Waals surface area contributed by atoms with Gasteiger partial charge in [-0.15, -0.1) is 0 Å². The van der Waals surface area contributed by atoms with Crippen LogP contribution in [0.3, 0.4) is 0 Å². The number of hydrogen-bond donors (Lipinski definition) is 2. The highest BCUT2D eigenvalue weighted by atomic mass is 35.5. The molecular weight excluding hydrogens is 294 g/mol. The first-order valence-electron chi connectivity index (χ1n) is 6.48. The van der Waals surface area contributed by atoms with Crippen LogP contribution in [0.5, 0.6) is 0 Å². The van der Waals surface area contributed by atoms with Crippen molar-refractivity contribution in [3.8, 4) is 11.5 Å². The van der Waals surface area contributed by atoms with Crippen molar-refractivity contribution in [1.29, 1.82) is 0 Å². The van der Waals surface area contributed by atoms with E-state index < -0.39 is 6.10 Å². The molecule has 0 aliphatic carbocycles. The number of nitrogens with zero attached hydrogens (tertiary/aromatic N) is 2. The van der Waals surface area contributed by atoms with Gasteiger partial charge in [-0.05, 0) is 19.1 Å². The van der Waals surface area contributed by atoms with E-state index in [1.54, 1.807) is 18.3 Å². The molecule has 2 N–H and O–H groups in total. The van der Waals surface area contributed by atoms with Gasteiger partial charge >= 0.3 is 0 Å². The van der Waals surface area contributed by atoms with Crippen molar-refractivity contribution >= 4 is 17.5 Å². The second-order valence-corrected chi connectivity index (χ2v) is 5.18. The Morgan fingerprint density at radius 3 is 2.81 bits per heavy atom. The Morgan fingerprint density at radius 2 is 2.19 bits per heavy atom. The van der Waals surface area contributed by atoms with Gasteiger partial charge in [0.25, 0.3) is 0 Å². The van der Waals surface area contributed by atoms with Crippen LogP contribution in [-0.4, -0.2) is 27.0 Å². The molecule has 1 amide bonds. The van der Waals surface area contributed by atoms with Gasteiger partial charge in [0.2, 0.25) is 11.8 Å². The summed E-state index contributed by atoms with van der Waals surface area (Å²) >= 11 is 5.72. The smallest absolute Gasteiger partial charge is 0.227 e. The second-order valence-electron chi connectivity index (χ2n) is 4.79. The molecule has 2 aromatic rings. The average Bonchev–Trinajstić information content (AvgIpc) is 2.88. The third-order valence-electron chi connectivity index (χ3n) is 2.85. The molecule has 6 nitrogen and oxygen atoms in total. The van der Waals surface area contributed by atoms with Gasteiger partial charge in [-0.2, -0.15) is 0 Å². The van der Waals surface area contributed by atoms with Crippen molar-refractivity contribution in [3.63, 3.8) is 0 Å². The number of hydrogen-bond acceptors (Lipinski definition) is 5. The number of aromatic nitrogens is 2. The van der Waals surface area contributed by atoms with Gasteiger partial charge in [0.15, 0.2) is 5.76 Å². The number of nitrogens with one attached hydrogen (secondary N) is 1. The summed E-state index contributed by atoms with van der Waals surface area (Å²) in [5.41, 5.74) is 0.674. The van der Waals surface area contributed by atoms with E-state index in [0.717, 1.165) is 0 Å². The molecule has 2 atom stereocenters. The lowest BCUT2D eigenvalue weighted by molar-refractivity contribution is -0.119. The molecule has 2 unspecified atom stereocenters. The number of carbonyl (C=O) groups is 1. The van der Waals surface area contributed by atoms with Crippen LogP contribution in [0.2, 0.25) is 5.15 Å². The first-order chi connectivity index (χ1) is 9.95. The molecule has 0 aromatic carbocycles. The lowest BCUT2D eigenvalue weighted by atomic mass is 10.1. The Bertz CT molecular complexity index is 612. The van der Waals surface area contributed by atoms with Crippen molar-refractivity contribution < 1.29 is 14.3 Å². The van der Waals surface area contributed by atoms with Crippen molar-refractivity contribution in [2.45, 2.75) is 32.4 Å². The predicted octanol–water partition coefficient (Wildman–Crippen LogP) is 2.34. The number of carbonyl (C=O) groups excluding carboxylic acids is 1. The molecule has 0 aliphatic rings. The highest BCUT2D eigenvalue weighted by Gasteiger charge is 2.18. The quantitative estimate of drug-likeness (QED) is 0.828. The fourth-order valence-corrected chi connectivity index (χ4v) is 2.05. The number of halogens is 1. The number of aliphatic hydroxyl groups is 1. The summed E-state index contributed by atoms with van der Waals surface area (Å²) in [5, 5.41) is 13.2. The van der Waals surface area contributed by atoms with E-state index in [4.69, 9.17) is 16.0 Å². The van der Waals surface area contributed by atoms with E-state index in [1.807, 2.05) is 6.92 Å². The van der Waals surface area contributed by atoms with Crippen molar-refractivity contribution in [1.82, 2.24) is 15.3 Å². The molecule has 0 saturated carbocycles. The number of rotatable bonds is 5. The van der Waals surface area contributed by atoms with Gasteiger partial charge in [0, 0.05) is 25.6 Å². The monoisotopic (exact) mass is 309 g/mol. The highest BCUT2D eigenvalue weighted by molar-refractivity contribution is 6.29. The molecule has 2 aromatic heterocycles. The Hall–Kier alpha value is -1.92. The van der Waals surface area contributed by atoms with Crippen LogP contribution in [0.4, 0.5) is 0 Å². The van der Waals surface area contributed by atoms with E-state index in [1.165, 1.54) is 13.1 Å². The second kappa shape index (κ2) is 6.69. The zero-order valence-corrected chi connectivity index (χ0v) is 12.5. The third kappa shape index (κ3) is 4.27.